The smallest absolute Gasteiger partial charge is 0.397 e. The number of halogens is 3. The fourth-order valence-corrected chi connectivity index (χ4v) is 2.47. The predicted octanol–water partition coefficient (Wildman–Crippen LogP) is 3.84. The van der Waals surface area contributed by atoms with E-state index in [1.807, 2.05) is 0 Å². The first-order valence-electron chi connectivity index (χ1n) is 6.25. The predicted molar refractivity (Wildman–Crippen MR) is 75.6 cm³/mol. The maximum Gasteiger partial charge on any atom is 0.418 e. The number of aromatic nitrogens is 2. The molecule has 0 saturated carbocycles. The summed E-state index contributed by atoms with van der Waals surface area (Å²) in [6.45, 7) is 0. The topological polar surface area (TPSA) is 43.8 Å². The average Bonchev–Trinajstić information content (AvgIpc) is 2.76. The van der Waals surface area contributed by atoms with Gasteiger partial charge in [0.1, 0.15) is 0 Å². The third-order valence-electron chi connectivity index (χ3n) is 3.37. The first kappa shape index (κ1) is 13.5. The van der Waals surface area contributed by atoms with Crippen molar-refractivity contribution >= 4 is 16.6 Å². The van der Waals surface area contributed by atoms with Gasteiger partial charge in [0, 0.05) is 24.2 Å². The number of pyridine rings is 1. The summed E-state index contributed by atoms with van der Waals surface area (Å²) in [6.07, 6.45) is -1.25. The van der Waals surface area contributed by atoms with E-state index >= 15 is 0 Å². The highest BCUT2D eigenvalue weighted by molar-refractivity contribution is 5.97. The number of alkyl halides is 3. The van der Waals surface area contributed by atoms with E-state index < -0.39 is 11.7 Å². The summed E-state index contributed by atoms with van der Waals surface area (Å²) in [5.74, 6) is 0. The lowest BCUT2D eigenvalue weighted by Gasteiger charge is -2.09. The maximum atomic E-state index is 13.1. The number of hydrogen-bond acceptors (Lipinski definition) is 2. The van der Waals surface area contributed by atoms with E-state index in [2.05, 4.69) is 4.98 Å². The molecule has 0 saturated heterocycles. The Morgan fingerprint density at radius 2 is 1.90 bits per heavy atom. The van der Waals surface area contributed by atoms with E-state index in [0.29, 0.717) is 22.3 Å². The monoisotopic (exact) mass is 291 g/mol. The number of aryl methyl sites for hydroxylation is 1. The van der Waals surface area contributed by atoms with Gasteiger partial charge in [0.05, 0.1) is 28.7 Å². The number of para-hydroxylation sites is 1. The van der Waals surface area contributed by atoms with Gasteiger partial charge in [0.15, 0.2) is 0 Å². The minimum absolute atomic E-state index is 0.152. The summed E-state index contributed by atoms with van der Waals surface area (Å²) in [4.78, 5) is 4.18. The van der Waals surface area contributed by atoms with Crippen LogP contribution in [0.1, 0.15) is 5.56 Å². The molecule has 21 heavy (non-hydrogen) atoms. The zero-order valence-corrected chi connectivity index (χ0v) is 11.1. The molecule has 6 heteroatoms. The molecule has 3 aromatic rings. The molecule has 108 valence electrons. The van der Waals surface area contributed by atoms with E-state index in [9.17, 15) is 13.2 Å². The molecule has 2 N–H and O–H groups in total. The van der Waals surface area contributed by atoms with Crippen molar-refractivity contribution in [1.29, 1.82) is 0 Å². The maximum absolute atomic E-state index is 13.1. The summed E-state index contributed by atoms with van der Waals surface area (Å²) in [6, 6.07) is 7.53. The Labute approximate surface area is 118 Å². The van der Waals surface area contributed by atoms with Crippen molar-refractivity contribution in [1.82, 2.24) is 9.55 Å². The summed E-state index contributed by atoms with van der Waals surface area (Å²) in [5, 5.41) is 0.518. The SMILES string of the molecule is Cn1cc(-c2ccc(N)cn2)c2cccc(C(F)(F)F)c21. The van der Waals surface area contributed by atoms with E-state index in [-0.39, 0.29) is 5.52 Å². The highest BCUT2D eigenvalue weighted by Gasteiger charge is 2.34. The highest BCUT2D eigenvalue weighted by atomic mass is 19.4. The Balaban J connectivity index is 2.30. The standard InChI is InChI=1S/C15H12F3N3/c1-21-8-11(13-6-5-9(19)7-20-13)10-3-2-4-12(14(10)21)15(16,17)18/h2-8H,19H2,1H3. The van der Waals surface area contributed by atoms with Gasteiger partial charge in [-0.05, 0) is 18.2 Å². The summed E-state index contributed by atoms with van der Waals surface area (Å²) >= 11 is 0. The lowest BCUT2D eigenvalue weighted by atomic mass is 10.1. The van der Waals surface area contributed by atoms with Crippen LogP contribution in [0.5, 0.6) is 0 Å². The zero-order valence-electron chi connectivity index (χ0n) is 11.1. The number of nitrogen functional groups attached to an aromatic ring is 1. The van der Waals surface area contributed by atoms with Gasteiger partial charge in [0.25, 0.3) is 0 Å². The summed E-state index contributed by atoms with van der Waals surface area (Å²) in [7, 11) is 1.60. The first-order chi connectivity index (χ1) is 9.88. The van der Waals surface area contributed by atoms with E-state index in [0.717, 1.165) is 6.07 Å². The van der Waals surface area contributed by atoms with Crippen LogP contribution >= 0.6 is 0 Å². The zero-order chi connectivity index (χ0) is 15.2. The molecule has 1 aromatic carbocycles. The molecule has 3 nitrogen and oxygen atoms in total. The molecule has 0 aliphatic carbocycles. The van der Waals surface area contributed by atoms with Crippen LogP contribution in [0.4, 0.5) is 18.9 Å². The van der Waals surface area contributed by atoms with Gasteiger partial charge < -0.3 is 10.3 Å². The van der Waals surface area contributed by atoms with Crippen LogP contribution in [-0.4, -0.2) is 9.55 Å². The number of rotatable bonds is 1. The van der Waals surface area contributed by atoms with Gasteiger partial charge in [0.2, 0.25) is 0 Å². The van der Waals surface area contributed by atoms with Crippen LogP contribution in [0, 0.1) is 0 Å². The molecule has 2 aromatic heterocycles. The van der Waals surface area contributed by atoms with Gasteiger partial charge in [-0.3, -0.25) is 4.98 Å². The van der Waals surface area contributed by atoms with Crippen molar-refractivity contribution in [3.63, 3.8) is 0 Å². The van der Waals surface area contributed by atoms with Crippen molar-refractivity contribution in [3.8, 4) is 11.3 Å². The number of benzene rings is 1. The largest absolute Gasteiger partial charge is 0.418 e. The molecule has 0 aliphatic rings. The number of nitrogens with two attached hydrogens (primary N) is 1. The fraction of sp³-hybridized carbons (Fsp3) is 0.133. The molecule has 0 unspecified atom stereocenters. The quantitative estimate of drug-likeness (QED) is 0.740. The highest BCUT2D eigenvalue weighted by Crippen LogP contribution is 2.38. The fourth-order valence-electron chi connectivity index (χ4n) is 2.47. The number of hydrogen-bond donors (Lipinski definition) is 1. The second-order valence-corrected chi connectivity index (χ2v) is 4.83. The molecule has 2 heterocycles. The number of fused-ring (bicyclic) bond motifs is 1. The van der Waals surface area contributed by atoms with E-state index in [1.54, 1.807) is 31.4 Å². The van der Waals surface area contributed by atoms with Crippen molar-refractivity contribution < 1.29 is 13.2 Å². The van der Waals surface area contributed by atoms with E-state index in [1.165, 1.54) is 16.8 Å². The van der Waals surface area contributed by atoms with Crippen LogP contribution in [0.3, 0.4) is 0 Å². The number of nitrogens with zero attached hydrogens (tertiary/aromatic N) is 2. The molecular formula is C15H12F3N3. The molecule has 0 bridgehead atoms. The Hall–Kier alpha value is -2.50. The summed E-state index contributed by atoms with van der Waals surface area (Å²) < 4.78 is 40.8. The van der Waals surface area contributed by atoms with Crippen LogP contribution < -0.4 is 5.73 Å². The third-order valence-corrected chi connectivity index (χ3v) is 3.37. The van der Waals surface area contributed by atoms with Crippen LogP contribution in [0.15, 0.2) is 42.7 Å². The van der Waals surface area contributed by atoms with Crippen molar-refractivity contribution in [2.45, 2.75) is 6.18 Å². The average molecular weight is 291 g/mol. The number of anilines is 1. The minimum Gasteiger partial charge on any atom is -0.397 e. The van der Waals surface area contributed by atoms with E-state index in [4.69, 9.17) is 5.73 Å². The molecule has 0 radical (unpaired) electrons. The first-order valence-corrected chi connectivity index (χ1v) is 6.25. The van der Waals surface area contributed by atoms with Crippen LogP contribution in [0.2, 0.25) is 0 Å². The van der Waals surface area contributed by atoms with Crippen molar-refractivity contribution in [3.05, 3.63) is 48.3 Å². The van der Waals surface area contributed by atoms with Gasteiger partial charge in [-0.25, -0.2) is 0 Å². The van der Waals surface area contributed by atoms with Gasteiger partial charge in [-0.15, -0.1) is 0 Å². The molecule has 0 spiro atoms. The second-order valence-electron chi connectivity index (χ2n) is 4.83. The van der Waals surface area contributed by atoms with Crippen LogP contribution in [0.25, 0.3) is 22.2 Å². The third kappa shape index (κ3) is 2.22. The molecule has 0 aliphatic heterocycles. The molecule has 0 fully saturated rings. The summed E-state index contributed by atoms with van der Waals surface area (Å²) in [5.41, 5.74) is 6.84. The molecule has 0 amide bonds. The second kappa shape index (κ2) is 4.51. The molecule has 0 atom stereocenters. The van der Waals surface area contributed by atoms with Gasteiger partial charge in [-0.2, -0.15) is 13.2 Å². The van der Waals surface area contributed by atoms with Gasteiger partial charge >= 0.3 is 6.18 Å². The molecule has 3 rings (SSSR count). The van der Waals surface area contributed by atoms with Crippen LogP contribution in [-0.2, 0) is 13.2 Å². The van der Waals surface area contributed by atoms with Crippen molar-refractivity contribution in [2.24, 2.45) is 7.05 Å². The molecular weight excluding hydrogens is 279 g/mol. The lowest BCUT2D eigenvalue weighted by molar-refractivity contribution is -0.136. The Morgan fingerprint density at radius 1 is 1.14 bits per heavy atom. The van der Waals surface area contributed by atoms with Gasteiger partial charge in [-0.1, -0.05) is 12.1 Å². The lowest BCUT2D eigenvalue weighted by Crippen LogP contribution is -2.07. The normalized spacial score (nSPS) is 12.0. The Kier molecular flexibility index (Phi) is 2.90. The Bertz CT molecular complexity index is 801. The Morgan fingerprint density at radius 3 is 2.52 bits per heavy atom. The van der Waals surface area contributed by atoms with Crippen molar-refractivity contribution in [2.75, 3.05) is 5.73 Å². The minimum atomic E-state index is -4.39.